The predicted octanol–water partition coefficient (Wildman–Crippen LogP) is 3.77. The summed E-state index contributed by atoms with van der Waals surface area (Å²) >= 11 is 3.36. The number of nitrogens with zero attached hydrogens (tertiary/aromatic N) is 1. The van der Waals surface area contributed by atoms with Crippen LogP contribution >= 0.6 is 15.9 Å². The number of nitrogens with one attached hydrogen (secondary N) is 1. The van der Waals surface area contributed by atoms with Crippen LogP contribution in [0.3, 0.4) is 0 Å². The van der Waals surface area contributed by atoms with Gasteiger partial charge in [-0.3, -0.25) is 0 Å². The summed E-state index contributed by atoms with van der Waals surface area (Å²) in [5, 5.41) is 3.28. The van der Waals surface area contributed by atoms with Gasteiger partial charge in [-0.2, -0.15) is 0 Å². The van der Waals surface area contributed by atoms with E-state index >= 15 is 0 Å². The quantitative estimate of drug-likeness (QED) is 0.933. The van der Waals surface area contributed by atoms with Crippen LogP contribution in [-0.4, -0.2) is 12.1 Å². The third-order valence-electron chi connectivity index (χ3n) is 2.66. The molecule has 4 heteroatoms. The second-order valence-corrected chi connectivity index (χ2v) is 4.93. The Morgan fingerprint density at radius 3 is 2.72 bits per heavy atom. The van der Waals surface area contributed by atoms with E-state index in [4.69, 9.17) is 4.74 Å². The van der Waals surface area contributed by atoms with Crippen molar-refractivity contribution in [2.75, 3.05) is 12.4 Å². The predicted molar refractivity (Wildman–Crippen MR) is 77.0 cm³/mol. The van der Waals surface area contributed by atoms with Crippen molar-refractivity contribution in [2.45, 2.75) is 13.5 Å². The Labute approximate surface area is 115 Å². The molecule has 0 aliphatic carbocycles. The summed E-state index contributed by atoms with van der Waals surface area (Å²) in [7, 11) is 1.69. The Hall–Kier alpha value is -1.55. The zero-order valence-corrected chi connectivity index (χ0v) is 12.0. The number of benzene rings is 1. The van der Waals surface area contributed by atoms with E-state index in [0.717, 1.165) is 28.1 Å². The van der Waals surface area contributed by atoms with Crippen molar-refractivity contribution in [1.82, 2.24) is 4.98 Å². The zero-order chi connectivity index (χ0) is 13.0. The lowest BCUT2D eigenvalue weighted by Gasteiger charge is -2.09. The molecule has 0 saturated carbocycles. The van der Waals surface area contributed by atoms with Crippen LogP contribution < -0.4 is 10.1 Å². The summed E-state index contributed by atoms with van der Waals surface area (Å²) in [6, 6.07) is 10.1. The SMILES string of the molecule is COc1ccc(CNc2ccc(Br)cn2)cc1C. The van der Waals surface area contributed by atoms with E-state index in [2.05, 4.69) is 38.4 Å². The van der Waals surface area contributed by atoms with Crippen LogP contribution in [0.5, 0.6) is 5.75 Å². The average molecular weight is 307 g/mol. The molecule has 0 radical (unpaired) electrons. The first-order chi connectivity index (χ1) is 8.69. The summed E-state index contributed by atoms with van der Waals surface area (Å²) in [5.41, 5.74) is 2.35. The largest absolute Gasteiger partial charge is 0.496 e. The number of pyridine rings is 1. The lowest BCUT2D eigenvalue weighted by Crippen LogP contribution is -2.01. The molecule has 1 aromatic carbocycles. The van der Waals surface area contributed by atoms with Gasteiger partial charge in [0.2, 0.25) is 0 Å². The summed E-state index contributed by atoms with van der Waals surface area (Å²) in [4.78, 5) is 4.27. The van der Waals surface area contributed by atoms with E-state index in [-0.39, 0.29) is 0 Å². The van der Waals surface area contributed by atoms with E-state index in [9.17, 15) is 0 Å². The minimum Gasteiger partial charge on any atom is -0.496 e. The van der Waals surface area contributed by atoms with Crippen molar-refractivity contribution in [3.8, 4) is 5.75 Å². The molecule has 0 atom stereocenters. The van der Waals surface area contributed by atoms with Gasteiger partial charge >= 0.3 is 0 Å². The summed E-state index contributed by atoms with van der Waals surface area (Å²) in [6.07, 6.45) is 1.78. The number of methoxy groups -OCH3 is 1. The Balaban J connectivity index is 2.02. The Morgan fingerprint density at radius 2 is 2.11 bits per heavy atom. The molecule has 1 N–H and O–H groups in total. The first-order valence-electron chi connectivity index (χ1n) is 5.68. The number of hydrogen-bond donors (Lipinski definition) is 1. The maximum atomic E-state index is 5.24. The second-order valence-electron chi connectivity index (χ2n) is 4.02. The highest BCUT2D eigenvalue weighted by atomic mass is 79.9. The number of hydrogen-bond acceptors (Lipinski definition) is 3. The van der Waals surface area contributed by atoms with Crippen LogP contribution in [0.2, 0.25) is 0 Å². The average Bonchev–Trinajstić information content (AvgIpc) is 2.38. The molecule has 94 valence electrons. The van der Waals surface area contributed by atoms with Crippen molar-refractivity contribution in [1.29, 1.82) is 0 Å². The molecule has 0 fully saturated rings. The van der Waals surface area contributed by atoms with Gasteiger partial charge < -0.3 is 10.1 Å². The van der Waals surface area contributed by atoms with Crippen molar-refractivity contribution >= 4 is 21.7 Å². The Morgan fingerprint density at radius 1 is 1.28 bits per heavy atom. The molecule has 18 heavy (non-hydrogen) atoms. The summed E-state index contributed by atoms with van der Waals surface area (Å²) in [5.74, 6) is 1.78. The van der Waals surface area contributed by atoms with E-state index in [0.29, 0.717) is 0 Å². The topological polar surface area (TPSA) is 34.1 Å². The molecule has 0 aliphatic heterocycles. The van der Waals surface area contributed by atoms with Crippen LogP contribution in [-0.2, 0) is 6.54 Å². The third kappa shape index (κ3) is 3.23. The van der Waals surface area contributed by atoms with Gasteiger partial charge in [0.15, 0.2) is 0 Å². The number of halogens is 1. The van der Waals surface area contributed by atoms with Gasteiger partial charge in [-0.15, -0.1) is 0 Å². The highest BCUT2D eigenvalue weighted by Gasteiger charge is 2.00. The second kappa shape index (κ2) is 5.87. The maximum Gasteiger partial charge on any atom is 0.126 e. The lowest BCUT2D eigenvalue weighted by atomic mass is 10.1. The minimum atomic E-state index is 0.749. The Bertz CT molecular complexity index is 526. The van der Waals surface area contributed by atoms with Crippen molar-refractivity contribution in [3.63, 3.8) is 0 Å². The van der Waals surface area contributed by atoms with Crippen LogP contribution in [0.1, 0.15) is 11.1 Å². The molecule has 0 bridgehead atoms. The van der Waals surface area contributed by atoms with Gasteiger partial charge in [0, 0.05) is 17.2 Å². The van der Waals surface area contributed by atoms with Crippen LogP contribution in [0.4, 0.5) is 5.82 Å². The summed E-state index contributed by atoms with van der Waals surface area (Å²) in [6.45, 7) is 2.79. The van der Waals surface area contributed by atoms with Crippen LogP contribution in [0.15, 0.2) is 41.0 Å². The summed E-state index contributed by atoms with van der Waals surface area (Å²) < 4.78 is 6.22. The maximum absolute atomic E-state index is 5.24. The van der Waals surface area contributed by atoms with E-state index in [1.165, 1.54) is 5.56 Å². The minimum absolute atomic E-state index is 0.749. The molecular weight excluding hydrogens is 292 g/mol. The highest BCUT2D eigenvalue weighted by molar-refractivity contribution is 9.10. The molecule has 0 amide bonds. The molecule has 0 spiro atoms. The number of aryl methyl sites for hydroxylation is 1. The van der Waals surface area contributed by atoms with Gasteiger partial charge in [0.1, 0.15) is 11.6 Å². The molecule has 3 nitrogen and oxygen atoms in total. The van der Waals surface area contributed by atoms with E-state index in [1.807, 2.05) is 25.1 Å². The molecule has 1 heterocycles. The molecule has 1 aromatic heterocycles. The smallest absolute Gasteiger partial charge is 0.126 e. The van der Waals surface area contributed by atoms with Crippen molar-refractivity contribution in [2.24, 2.45) is 0 Å². The highest BCUT2D eigenvalue weighted by Crippen LogP contribution is 2.19. The van der Waals surface area contributed by atoms with Gasteiger partial charge in [-0.25, -0.2) is 4.98 Å². The van der Waals surface area contributed by atoms with E-state index in [1.54, 1.807) is 13.3 Å². The molecular formula is C14H15BrN2O. The first-order valence-corrected chi connectivity index (χ1v) is 6.47. The fourth-order valence-corrected chi connectivity index (χ4v) is 1.96. The lowest BCUT2D eigenvalue weighted by molar-refractivity contribution is 0.411. The fourth-order valence-electron chi connectivity index (χ4n) is 1.72. The molecule has 0 unspecified atom stereocenters. The third-order valence-corrected chi connectivity index (χ3v) is 3.13. The Kier molecular flexibility index (Phi) is 4.20. The van der Waals surface area contributed by atoms with Gasteiger partial charge in [0.05, 0.1) is 7.11 Å². The number of anilines is 1. The number of rotatable bonds is 4. The molecule has 0 saturated heterocycles. The standard InChI is InChI=1S/C14H15BrN2O/c1-10-7-11(3-5-13(10)18-2)8-16-14-6-4-12(15)9-17-14/h3-7,9H,8H2,1-2H3,(H,16,17). The van der Waals surface area contributed by atoms with E-state index < -0.39 is 0 Å². The number of aromatic nitrogens is 1. The molecule has 0 aliphatic rings. The molecule has 2 aromatic rings. The number of ether oxygens (including phenoxy) is 1. The normalized spacial score (nSPS) is 10.2. The van der Waals surface area contributed by atoms with Gasteiger partial charge in [-0.05, 0) is 52.2 Å². The van der Waals surface area contributed by atoms with Gasteiger partial charge in [-0.1, -0.05) is 12.1 Å². The van der Waals surface area contributed by atoms with Crippen molar-refractivity contribution in [3.05, 3.63) is 52.1 Å². The van der Waals surface area contributed by atoms with Crippen LogP contribution in [0.25, 0.3) is 0 Å². The van der Waals surface area contributed by atoms with Crippen molar-refractivity contribution < 1.29 is 4.74 Å². The monoisotopic (exact) mass is 306 g/mol. The van der Waals surface area contributed by atoms with Gasteiger partial charge in [0.25, 0.3) is 0 Å². The van der Waals surface area contributed by atoms with Crippen LogP contribution in [0, 0.1) is 6.92 Å². The first kappa shape index (κ1) is 12.9. The fraction of sp³-hybridized carbons (Fsp3) is 0.214. The zero-order valence-electron chi connectivity index (χ0n) is 10.4. The molecule has 2 rings (SSSR count).